The molecule has 0 aliphatic rings. The summed E-state index contributed by atoms with van der Waals surface area (Å²) in [7, 11) is 0. The molecule has 0 fully saturated rings. The molecule has 0 bridgehead atoms. The molecule has 0 amide bonds. The summed E-state index contributed by atoms with van der Waals surface area (Å²) in [5, 5.41) is 0. The van der Waals surface area contributed by atoms with Crippen LogP contribution in [0.1, 0.15) is 38.6 Å². The van der Waals surface area contributed by atoms with Crippen LogP contribution in [0.25, 0.3) is 11.0 Å². The second kappa shape index (κ2) is 5.53. The Morgan fingerprint density at radius 1 is 1.33 bits per heavy atom. The predicted octanol–water partition coefficient (Wildman–Crippen LogP) is 3.10. The highest BCUT2D eigenvalue weighted by molar-refractivity contribution is 5.77. The normalized spacial score (nSPS) is 13.1. The number of nitrogens with zero attached hydrogens (tertiary/aromatic N) is 2. The summed E-state index contributed by atoms with van der Waals surface area (Å²) < 4.78 is 2.32. The third-order valence-electron chi connectivity index (χ3n) is 3.67. The van der Waals surface area contributed by atoms with E-state index in [0.717, 1.165) is 24.0 Å². The van der Waals surface area contributed by atoms with Gasteiger partial charge in [0.25, 0.3) is 0 Å². The molecule has 1 aromatic heterocycles. The summed E-state index contributed by atoms with van der Waals surface area (Å²) in [5.74, 6) is 1.89. The molecule has 1 aromatic carbocycles. The van der Waals surface area contributed by atoms with E-state index in [1.165, 1.54) is 17.8 Å². The zero-order chi connectivity index (χ0) is 13.1. The molecule has 18 heavy (non-hydrogen) atoms. The van der Waals surface area contributed by atoms with E-state index in [1.54, 1.807) is 0 Å². The molecule has 2 N–H and O–H groups in total. The second-order valence-electron chi connectivity index (χ2n) is 5.02. The van der Waals surface area contributed by atoms with Gasteiger partial charge in [-0.2, -0.15) is 0 Å². The van der Waals surface area contributed by atoms with Crippen molar-refractivity contribution in [3.05, 3.63) is 29.6 Å². The number of fused-ring (bicyclic) bond motifs is 1. The molecule has 2 aromatic rings. The SMILES string of the molecule is CCC(C)Cc1nc2cc(CN)ccc2n1CC. The van der Waals surface area contributed by atoms with Gasteiger partial charge in [0.05, 0.1) is 11.0 Å². The van der Waals surface area contributed by atoms with Gasteiger partial charge in [-0.1, -0.05) is 26.3 Å². The van der Waals surface area contributed by atoms with Crippen LogP contribution >= 0.6 is 0 Å². The first-order valence-electron chi connectivity index (χ1n) is 6.87. The van der Waals surface area contributed by atoms with Crippen LogP contribution in [0.15, 0.2) is 18.2 Å². The van der Waals surface area contributed by atoms with Gasteiger partial charge in [-0.25, -0.2) is 4.98 Å². The highest BCUT2D eigenvalue weighted by atomic mass is 15.1. The van der Waals surface area contributed by atoms with E-state index in [-0.39, 0.29) is 0 Å². The topological polar surface area (TPSA) is 43.8 Å². The number of hydrogen-bond acceptors (Lipinski definition) is 2. The minimum atomic E-state index is 0.579. The van der Waals surface area contributed by atoms with Gasteiger partial charge in [-0.05, 0) is 30.5 Å². The summed E-state index contributed by atoms with van der Waals surface area (Å²) in [4.78, 5) is 4.79. The number of rotatable bonds is 5. The van der Waals surface area contributed by atoms with E-state index >= 15 is 0 Å². The van der Waals surface area contributed by atoms with Crippen LogP contribution in [0.4, 0.5) is 0 Å². The van der Waals surface area contributed by atoms with Crippen molar-refractivity contribution in [1.29, 1.82) is 0 Å². The summed E-state index contributed by atoms with van der Waals surface area (Å²) in [5.41, 5.74) is 9.15. The molecule has 0 aliphatic heterocycles. The maximum absolute atomic E-state index is 5.69. The molecule has 1 unspecified atom stereocenters. The fourth-order valence-corrected chi connectivity index (χ4v) is 2.32. The second-order valence-corrected chi connectivity index (χ2v) is 5.02. The third-order valence-corrected chi connectivity index (χ3v) is 3.67. The summed E-state index contributed by atoms with van der Waals surface area (Å²) in [6.45, 7) is 8.25. The Kier molecular flexibility index (Phi) is 4.02. The highest BCUT2D eigenvalue weighted by Crippen LogP contribution is 2.20. The Bertz CT molecular complexity index is 528. The maximum atomic E-state index is 5.69. The average Bonchev–Trinajstić information content (AvgIpc) is 2.74. The highest BCUT2D eigenvalue weighted by Gasteiger charge is 2.12. The zero-order valence-corrected chi connectivity index (χ0v) is 11.6. The van der Waals surface area contributed by atoms with Crippen molar-refractivity contribution in [2.24, 2.45) is 11.7 Å². The Labute approximate surface area is 109 Å². The van der Waals surface area contributed by atoms with Gasteiger partial charge in [0.15, 0.2) is 0 Å². The minimum Gasteiger partial charge on any atom is -0.328 e. The minimum absolute atomic E-state index is 0.579. The van der Waals surface area contributed by atoms with Crippen molar-refractivity contribution in [2.45, 2.75) is 46.7 Å². The average molecular weight is 245 g/mol. The lowest BCUT2D eigenvalue weighted by Gasteiger charge is -2.10. The monoisotopic (exact) mass is 245 g/mol. The van der Waals surface area contributed by atoms with E-state index in [1.807, 2.05) is 0 Å². The van der Waals surface area contributed by atoms with Gasteiger partial charge in [-0.15, -0.1) is 0 Å². The van der Waals surface area contributed by atoms with Gasteiger partial charge >= 0.3 is 0 Å². The van der Waals surface area contributed by atoms with Crippen molar-refractivity contribution in [2.75, 3.05) is 0 Å². The molecule has 0 spiro atoms. The first kappa shape index (κ1) is 13.1. The van der Waals surface area contributed by atoms with Crippen molar-refractivity contribution < 1.29 is 0 Å². The van der Waals surface area contributed by atoms with Crippen LogP contribution in [-0.2, 0) is 19.5 Å². The van der Waals surface area contributed by atoms with Crippen molar-refractivity contribution in [3.63, 3.8) is 0 Å². The third kappa shape index (κ3) is 2.41. The Hall–Kier alpha value is -1.35. The predicted molar refractivity (Wildman–Crippen MR) is 76.5 cm³/mol. The molecule has 98 valence electrons. The molecule has 3 heteroatoms. The van der Waals surface area contributed by atoms with E-state index in [0.29, 0.717) is 12.5 Å². The first-order valence-corrected chi connectivity index (χ1v) is 6.87. The molecule has 0 saturated carbocycles. The molecular formula is C15H23N3. The quantitative estimate of drug-likeness (QED) is 0.879. The maximum Gasteiger partial charge on any atom is 0.110 e. The van der Waals surface area contributed by atoms with Crippen LogP contribution in [0.5, 0.6) is 0 Å². The fraction of sp³-hybridized carbons (Fsp3) is 0.533. The Morgan fingerprint density at radius 2 is 2.11 bits per heavy atom. The lowest BCUT2D eigenvalue weighted by molar-refractivity contribution is 0.527. The molecule has 1 atom stereocenters. The standard InChI is InChI=1S/C15H23N3/c1-4-11(3)8-15-17-13-9-12(10-16)6-7-14(13)18(15)5-2/h6-7,9,11H,4-5,8,10,16H2,1-3H3. The van der Waals surface area contributed by atoms with Crippen LogP contribution in [0.3, 0.4) is 0 Å². The molecule has 0 saturated heterocycles. The molecular weight excluding hydrogens is 222 g/mol. The molecule has 1 heterocycles. The van der Waals surface area contributed by atoms with Crippen molar-refractivity contribution in [1.82, 2.24) is 9.55 Å². The number of benzene rings is 1. The molecule has 0 radical (unpaired) electrons. The largest absolute Gasteiger partial charge is 0.328 e. The summed E-state index contributed by atoms with van der Waals surface area (Å²) >= 11 is 0. The van der Waals surface area contributed by atoms with Crippen LogP contribution in [0.2, 0.25) is 0 Å². The van der Waals surface area contributed by atoms with Gasteiger partial charge < -0.3 is 10.3 Å². The van der Waals surface area contributed by atoms with Crippen LogP contribution in [-0.4, -0.2) is 9.55 Å². The van der Waals surface area contributed by atoms with E-state index in [4.69, 9.17) is 10.7 Å². The van der Waals surface area contributed by atoms with Crippen molar-refractivity contribution in [3.8, 4) is 0 Å². The molecule has 3 nitrogen and oxygen atoms in total. The Morgan fingerprint density at radius 3 is 2.72 bits per heavy atom. The molecule has 0 aliphatic carbocycles. The van der Waals surface area contributed by atoms with Crippen molar-refractivity contribution >= 4 is 11.0 Å². The van der Waals surface area contributed by atoms with Crippen LogP contribution in [0, 0.1) is 5.92 Å². The van der Waals surface area contributed by atoms with E-state index in [2.05, 4.69) is 43.5 Å². The van der Waals surface area contributed by atoms with E-state index in [9.17, 15) is 0 Å². The number of aromatic nitrogens is 2. The summed E-state index contributed by atoms with van der Waals surface area (Å²) in [6.07, 6.45) is 2.25. The van der Waals surface area contributed by atoms with E-state index < -0.39 is 0 Å². The Balaban J connectivity index is 2.46. The fourth-order valence-electron chi connectivity index (χ4n) is 2.32. The lowest BCUT2D eigenvalue weighted by atomic mass is 10.1. The first-order chi connectivity index (χ1) is 8.69. The zero-order valence-electron chi connectivity index (χ0n) is 11.6. The summed E-state index contributed by atoms with van der Waals surface area (Å²) in [6, 6.07) is 6.36. The number of hydrogen-bond donors (Lipinski definition) is 1. The van der Waals surface area contributed by atoms with Gasteiger partial charge in [0.2, 0.25) is 0 Å². The smallest absolute Gasteiger partial charge is 0.110 e. The van der Waals surface area contributed by atoms with Gasteiger partial charge in [0, 0.05) is 19.5 Å². The number of imidazole rings is 1. The van der Waals surface area contributed by atoms with Gasteiger partial charge in [0.1, 0.15) is 5.82 Å². The van der Waals surface area contributed by atoms with Gasteiger partial charge in [-0.3, -0.25) is 0 Å². The van der Waals surface area contributed by atoms with Crippen LogP contribution < -0.4 is 5.73 Å². The molecule has 2 rings (SSSR count). The number of aryl methyl sites for hydroxylation is 1. The lowest BCUT2D eigenvalue weighted by Crippen LogP contribution is -2.06. The number of nitrogens with two attached hydrogens (primary N) is 1.